The molecule has 1 heterocycles. The first-order valence-corrected chi connectivity index (χ1v) is 7.80. The molecule has 0 spiro atoms. The van der Waals surface area contributed by atoms with Gasteiger partial charge in [0.2, 0.25) is 0 Å². The summed E-state index contributed by atoms with van der Waals surface area (Å²) in [6, 6.07) is 15.2. The van der Waals surface area contributed by atoms with Gasteiger partial charge in [0, 0.05) is 16.1 Å². The first-order chi connectivity index (χ1) is 10.1. The van der Waals surface area contributed by atoms with Crippen LogP contribution in [0.4, 0.5) is 5.69 Å². The Morgan fingerprint density at radius 2 is 1.91 bits per heavy atom. The maximum atomic E-state index is 6.21. The van der Waals surface area contributed by atoms with E-state index in [1.165, 1.54) is 28.0 Å². The van der Waals surface area contributed by atoms with Crippen molar-refractivity contribution < 1.29 is 0 Å². The van der Waals surface area contributed by atoms with Crippen LogP contribution in [0.5, 0.6) is 0 Å². The van der Waals surface area contributed by atoms with E-state index in [-0.39, 0.29) is 17.8 Å². The fraction of sp³-hybridized carbons (Fsp3) is 0.263. The molecule has 1 atom stereocenters. The smallest absolute Gasteiger partial charge is 0.0608 e. The molecule has 1 N–H and O–H groups in total. The zero-order valence-corrected chi connectivity index (χ0v) is 14.3. The molecule has 2 aliphatic rings. The molecule has 0 aromatic heterocycles. The van der Waals surface area contributed by atoms with E-state index in [1.54, 1.807) is 0 Å². The van der Waals surface area contributed by atoms with Gasteiger partial charge in [-0.1, -0.05) is 55.8 Å². The lowest BCUT2D eigenvalue weighted by atomic mass is 9.76. The molecule has 0 bridgehead atoms. The van der Waals surface area contributed by atoms with E-state index in [9.17, 15) is 0 Å². The summed E-state index contributed by atoms with van der Waals surface area (Å²) in [6.45, 7) is 4.64. The fourth-order valence-electron chi connectivity index (χ4n) is 3.73. The van der Waals surface area contributed by atoms with E-state index in [4.69, 9.17) is 11.6 Å². The van der Waals surface area contributed by atoms with Gasteiger partial charge in [0.15, 0.2) is 0 Å². The number of nitrogens with one attached hydrogen (secondary N) is 1. The lowest BCUT2D eigenvalue weighted by Crippen LogP contribution is -2.34. The molecule has 1 aliphatic carbocycles. The minimum Gasteiger partial charge on any atom is -0.377 e. The Morgan fingerprint density at radius 1 is 1.14 bits per heavy atom. The quantitative estimate of drug-likeness (QED) is 0.730. The van der Waals surface area contributed by atoms with Crippen molar-refractivity contribution in [1.82, 2.24) is 0 Å². The van der Waals surface area contributed by atoms with Gasteiger partial charge in [0.1, 0.15) is 0 Å². The molecule has 2 aromatic carbocycles. The van der Waals surface area contributed by atoms with Crippen LogP contribution in [-0.4, -0.2) is 6.04 Å². The Balaban J connectivity index is 0.00000144. The van der Waals surface area contributed by atoms with Gasteiger partial charge >= 0.3 is 0 Å². The Hall–Kier alpha value is -1.44. The van der Waals surface area contributed by atoms with E-state index < -0.39 is 0 Å². The Bertz CT molecular complexity index is 762. The monoisotopic (exact) mass is 331 g/mol. The largest absolute Gasteiger partial charge is 0.377 e. The summed E-state index contributed by atoms with van der Waals surface area (Å²) in [5.41, 5.74) is 6.79. The zero-order chi connectivity index (χ0) is 14.6. The van der Waals surface area contributed by atoms with Gasteiger partial charge in [-0.05, 0) is 46.9 Å². The molecular weight excluding hydrogens is 313 g/mol. The summed E-state index contributed by atoms with van der Waals surface area (Å²) < 4.78 is 0. The average Bonchev–Trinajstić information content (AvgIpc) is 2.98. The molecule has 0 radical (unpaired) electrons. The zero-order valence-electron chi connectivity index (χ0n) is 12.7. The third-order valence-corrected chi connectivity index (χ3v) is 5.11. The summed E-state index contributed by atoms with van der Waals surface area (Å²) in [6.07, 6.45) is 3.36. The van der Waals surface area contributed by atoms with Gasteiger partial charge in [-0.25, -0.2) is 0 Å². The minimum absolute atomic E-state index is 0. The second-order valence-electron chi connectivity index (χ2n) is 6.51. The highest BCUT2D eigenvalue weighted by atomic mass is 35.5. The maximum absolute atomic E-state index is 6.21. The molecule has 114 valence electrons. The fourth-order valence-corrected chi connectivity index (χ4v) is 3.90. The number of hydrogen-bond donors (Lipinski definition) is 1. The van der Waals surface area contributed by atoms with Crippen LogP contribution >= 0.6 is 24.0 Å². The molecule has 3 heteroatoms. The number of hydrogen-bond acceptors (Lipinski definition) is 1. The normalized spacial score (nSPS) is 20.5. The van der Waals surface area contributed by atoms with Gasteiger partial charge in [0.05, 0.1) is 6.04 Å². The average molecular weight is 332 g/mol. The molecule has 0 saturated heterocycles. The highest BCUT2D eigenvalue weighted by Crippen LogP contribution is 2.47. The van der Waals surface area contributed by atoms with Crippen LogP contribution < -0.4 is 5.32 Å². The molecule has 1 nitrogen and oxygen atoms in total. The van der Waals surface area contributed by atoms with Gasteiger partial charge in [-0.3, -0.25) is 0 Å². The van der Waals surface area contributed by atoms with Crippen LogP contribution in [0.2, 0.25) is 5.02 Å². The number of halogens is 2. The number of fused-ring (bicyclic) bond motifs is 2. The van der Waals surface area contributed by atoms with E-state index in [2.05, 4.69) is 61.6 Å². The second-order valence-corrected chi connectivity index (χ2v) is 6.95. The second kappa shape index (κ2) is 5.33. The number of para-hydroxylation sites is 1. The first kappa shape index (κ1) is 15.5. The van der Waals surface area contributed by atoms with Gasteiger partial charge < -0.3 is 5.32 Å². The van der Waals surface area contributed by atoms with Crippen LogP contribution in [0.25, 0.3) is 5.57 Å². The van der Waals surface area contributed by atoms with E-state index in [0.29, 0.717) is 6.04 Å². The molecular formula is C19H19Cl2N. The third kappa shape index (κ3) is 2.15. The number of anilines is 1. The van der Waals surface area contributed by atoms with E-state index in [0.717, 1.165) is 11.4 Å². The molecule has 0 amide bonds. The van der Waals surface area contributed by atoms with E-state index in [1.807, 2.05) is 6.07 Å². The predicted octanol–water partition coefficient (Wildman–Crippen LogP) is 5.47. The number of rotatable bonds is 1. The van der Waals surface area contributed by atoms with E-state index >= 15 is 0 Å². The van der Waals surface area contributed by atoms with Crippen LogP contribution in [-0.2, 0) is 11.8 Å². The van der Waals surface area contributed by atoms with Crippen molar-refractivity contribution >= 4 is 35.3 Å². The molecule has 1 unspecified atom stereocenters. The SMILES string of the molecule is CC1(C)c2ccccc2NC1C1=CCc2ccc(Cl)cc21.Cl. The van der Waals surface area contributed by atoms with Crippen molar-refractivity contribution in [2.24, 2.45) is 0 Å². The standard InChI is InChI=1S/C19H18ClN.ClH/c1-19(2)16-5-3-4-6-17(16)21-18(19)14-10-8-12-7-9-13(20)11-15(12)14;/h3-7,9-11,18,21H,8H2,1-2H3;1H. The Morgan fingerprint density at radius 3 is 2.68 bits per heavy atom. The molecule has 1 aliphatic heterocycles. The minimum atomic E-state index is 0. The van der Waals surface area contributed by atoms with Crippen molar-refractivity contribution in [2.75, 3.05) is 5.32 Å². The van der Waals surface area contributed by atoms with Gasteiger partial charge in [-0.15, -0.1) is 12.4 Å². The van der Waals surface area contributed by atoms with Gasteiger partial charge in [-0.2, -0.15) is 0 Å². The van der Waals surface area contributed by atoms with Crippen molar-refractivity contribution in [3.63, 3.8) is 0 Å². The molecule has 4 rings (SSSR count). The maximum Gasteiger partial charge on any atom is 0.0608 e. The Kier molecular flexibility index (Phi) is 3.74. The number of allylic oxidation sites excluding steroid dienone is 1. The van der Waals surface area contributed by atoms with Crippen molar-refractivity contribution in [3.8, 4) is 0 Å². The number of benzene rings is 2. The lowest BCUT2D eigenvalue weighted by Gasteiger charge is -2.29. The molecule has 0 fully saturated rings. The summed E-state index contributed by atoms with van der Waals surface area (Å²) in [4.78, 5) is 0. The first-order valence-electron chi connectivity index (χ1n) is 7.42. The third-order valence-electron chi connectivity index (χ3n) is 4.88. The van der Waals surface area contributed by atoms with Crippen LogP contribution in [0.1, 0.15) is 30.5 Å². The highest BCUT2D eigenvalue weighted by molar-refractivity contribution is 6.30. The van der Waals surface area contributed by atoms with Crippen LogP contribution in [0.3, 0.4) is 0 Å². The van der Waals surface area contributed by atoms with Crippen LogP contribution in [0, 0.1) is 0 Å². The predicted molar refractivity (Wildman–Crippen MR) is 97.3 cm³/mol. The molecule has 0 saturated carbocycles. The summed E-state index contributed by atoms with van der Waals surface area (Å²) >= 11 is 6.21. The van der Waals surface area contributed by atoms with Crippen LogP contribution in [0.15, 0.2) is 48.5 Å². The molecule has 2 aromatic rings. The lowest BCUT2D eigenvalue weighted by molar-refractivity contribution is 0.527. The van der Waals surface area contributed by atoms with Crippen molar-refractivity contribution in [1.29, 1.82) is 0 Å². The molecule has 22 heavy (non-hydrogen) atoms. The van der Waals surface area contributed by atoms with Crippen molar-refractivity contribution in [3.05, 3.63) is 70.3 Å². The van der Waals surface area contributed by atoms with Crippen molar-refractivity contribution in [2.45, 2.75) is 31.7 Å². The summed E-state index contributed by atoms with van der Waals surface area (Å²) in [7, 11) is 0. The highest BCUT2D eigenvalue weighted by Gasteiger charge is 2.42. The van der Waals surface area contributed by atoms with Gasteiger partial charge in [0.25, 0.3) is 0 Å². The summed E-state index contributed by atoms with van der Waals surface area (Å²) in [5, 5.41) is 4.53. The Labute approximate surface area is 142 Å². The summed E-state index contributed by atoms with van der Waals surface area (Å²) in [5.74, 6) is 0. The topological polar surface area (TPSA) is 12.0 Å².